The number of nitrogens with zero attached hydrogens (tertiary/aromatic N) is 1. The standard InChI is InChI=1S/C9H18N2O3S/c12-15(13,11-5-1-2-6-11)10-8-9-4-3-7-14-9/h9-10H,1-8H2. The Hall–Kier alpha value is -0.170. The Kier molecular flexibility index (Phi) is 3.60. The topological polar surface area (TPSA) is 58.6 Å². The molecule has 0 amide bonds. The fourth-order valence-corrected chi connectivity index (χ4v) is 3.34. The van der Waals surface area contributed by atoms with Crippen molar-refractivity contribution in [2.45, 2.75) is 31.8 Å². The van der Waals surface area contributed by atoms with Gasteiger partial charge in [0, 0.05) is 26.2 Å². The van der Waals surface area contributed by atoms with Gasteiger partial charge in [-0.15, -0.1) is 0 Å². The van der Waals surface area contributed by atoms with E-state index in [1.807, 2.05) is 0 Å². The molecule has 1 atom stereocenters. The first-order chi connectivity index (χ1) is 7.18. The van der Waals surface area contributed by atoms with Crippen molar-refractivity contribution in [2.75, 3.05) is 26.2 Å². The van der Waals surface area contributed by atoms with Gasteiger partial charge in [0.25, 0.3) is 10.2 Å². The van der Waals surface area contributed by atoms with Crippen molar-refractivity contribution < 1.29 is 13.2 Å². The summed E-state index contributed by atoms with van der Waals surface area (Å²) in [6.45, 7) is 2.48. The van der Waals surface area contributed by atoms with E-state index < -0.39 is 10.2 Å². The fourth-order valence-electron chi connectivity index (χ4n) is 2.02. The maximum atomic E-state index is 11.7. The lowest BCUT2D eigenvalue weighted by Crippen LogP contribution is -2.42. The first kappa shape index (κ1) is 11.3. The minimum atomic E-state index is -3.24. The van der Waals surface area contributed by atoms with E-state index in [-0.39, 0.29) is 6.10 Å². The molecule has 88 valence electrons. The highest BCUT2D eigenvalue weighted by molar-refractivity contribution is 7.87. The van der Waals surface area contributed by atoms with Gasteiger partial charge in [0.2, 0.25) is 0 Å². The summed E-state index contributed by atoms with van der Waals surface area (Å²) in [7, 11) is -3.24. The number of hydrogen-bond acceptors (Lipinski definition) is 3. The van der Waals surface area contributed by atoms with Crippen LogP contribution in [0.4, 0.5) is 0 Å². The Morgan fingerprint density at radius 2 is 2.00 bits per heavy atom. The van der Waals surface area contributed by atoms with Crippen LogP contribution in [0, 0.1) is 0 Å². The summed E-state index contributed by atoms with van der Waals surface area (Å²) in [6, 6.07) is 0. The summed E-state index contributed by atoms with van der Waals surface area (Å²) in [5, 5.41) is 0. The molecular weight excluding hydrogens is 216 g/mol. The van der Waals surface area contributed by atoms with Crippen molar-refractivity contribution in [3.63, 3.8) is 0 Å². The molecule has 6 heteroatoms. The number of nitrogens with one attached hydrogen (secondary N) is 1. The molecule has 1 unspecified atom stereocenters. The fraction of sp³-hybridized carbons (Fsp3) is 1.00. The molecule has 0 saturated carbocycles. The van der Waals surface area contributed by atoms with Crippen molar-refractivity contribution in [1.29, 1.82) is 0 Å². The molecule has 2 heterocycles. The Bertz CT molecular complexity index is 292. The van der Waals surface area contributed by atoms with Crippen LogP contribution in [0.25, 0.3) is 0 Å². The lowest BCUT2D eigenvalue weighted by atomic mass is 10.2. The van der Waals surface area contributed by atoms with Crippen LogP contribution < -0.4 is 4.72 Å². The minimum Gasteiger partial charge on any atom is -0.377 e. The molecule has 2 aliphatic rings. The third kappa shape index (κ3) is 2.90. The molecule has 0 aromatic heterocycles. The Balaban J connectivity index is 1.81. The molecule has 0 aliphatic carbocycles. The van der Waals surface area contributed by atoms with Gasteiger partial charge in [0.1, 0.15) is 0 Å². The molecule has 0 spiro atoms. The zero-order valence-electron chi connectivity index (χ0n) is 8.81. The van der Waals surface area contributed by atoms with Crippen molar-refractivity contribution in [2.24, 2.45) is 0 Å². The number of rotatable bonds is 4. The van der Waals surface area contributed by atoms with Crippen molar-refractivity contribution in [3.8, 4) is 0 Å². The average molecular weight is 234 g/mol. The largest absolute Gasteiger partial charge is 0.377 e. The van der Waals surface area contributed by atoms with Gasteiger partial charge in [0.15, 0.2) is 0 Å². The highest BCUT2D eigenvalue weighted by Crippen LogP contribution is 2.13. The third-order valence-corrected chi connectivity index (χ3v) is 4.50. The van der Waals surface area contributed by atoms with Gasteiger partial charge in [-0.25, -0.2) is 0 Å². The van der Waals surface area contributed by atoms with Gasteiger partial charge in [-0.05, 0) is 25.7 Å². The maximum Gasteiger partial charge on any atom is 0.279 e. The number of ether oxygens (including phenoxy) is 1. The molecule has 2 fully saturated rings. The predicted molar refractivity (Wildman–Crippen MR) is 56.7 cm³/mol. The summed E-state index contributed by atoms with van der Waals surface area (Å²) in [5.41, 5.74) is 0. The highest BCUT2D eigenvalue weighted by Gasteiger charge is 2.26. The van der Waals surface area contributed by atoms with E-state index in [4.69, 9.17) is 4.74 Å². The molecule has 0 bridgehead atoms. The Labute approximate surface area is 91.0 Å². The molecule has 2 aliphatic heterocycles. The molecule has 0 aromatic carbocycles. The predicted octanol–water partition coefficient (Wildman–Crippen LogP) is 0.0956. The zero-order chi connectivity index (χ0) is 10.7. The van der Waals surface area contributed by atoms with Gasteiger partial charge in [-0.3, -0.25) is 0 Å². The van der Waals surface area contributed by atoms with Gasteiger partial charge in [-0.2, -0.15) is 17.4 Å². The highest BCUT2D eigenvalue weighted by atomic mass is 32.2. The lowest BCUT2D eigenvalue weighted by Gasteiger charge is -2.17. The quantitative estimate of drug-likeness (QED) is 0.750. The summed E-state index contributed by atoms with van der Waals surface area (Å²) < 4.78 is 33.0. The number of hydrogen-bond donors (Lipinski definition) is 1. The average Bonchev–Trinajstić information content (AvgIpc) is 2.88. The van der Waals surface area contributed by atoms with E-state index in [9.17, 15) is 8.42 Å². The zero-order valence-corrected chi connectivity index (χ0v) is 9.63. The van der Waals surface area contributed by atoms with Crippen LogP contribution in [0.15, 0.2) is 0 Å². The lowest BCUT2D eigenvalue weighted by molar-refractivity contribution is 0.114. The summed E-state index contributed by atoms with van der Waals surface area (Å²) in [5.74, 6) is 0. The second-order valence-corrected chi connectivity index (χ2v) is 5.85. The molecule has 0 aromatic rings. The van der Waals surface area contributed by atoms with Gasteiger partial charge >= 0.3 is 0 Å². The van der Waals surface area contributed by atoms with E-state index in [1.54, 1.807) is 0 Å². The van der Waals surface area contributed by atoms with Gasteiger partial charge in [0.05, 0.1) is 6.10 Å². The SMILES string of the molecule is O=S(=O)(NCC1CCCO1)N1CCCC1. The van der Waals surface area contributed by atoms with Crippen LogP contribution in [0.5, 0.6) is 0 Å². The monoisotopic (exact) mass is 234 g/mol. The van der Waals surface area contributed by atoms with Crippen LogP contribution in [0.1, 0.15) is 25.7 Å². The van der Waals surface area contributed by atoms with E-state index in [2.05, 4.69) is 4.72 Å². The van der Waals surface area contributed by atoms with Crippen LogP contribution >= 0.6 is 0 Å². The minimum absolute atomic E-state index is 0.0716. The Morgan fingerprint density at radius 1 is 1.27 bits per heavy atom. The smallest absolute Gasteiger partial charge is 0.279 e. The Morgan fingerprint density at radius 3 is 2.60 bits per heavy atom. The van der Waals surface area contributed by atoms with Crippen LogP contribution in [-0.2, 0) is 14.9 Å². The van der Waals surface area contributed by atoms with Crippen molar-refractivity contribution >= 4 is 10.2 Å². The van der Waals surface area contributed by atoms with E-state index in [1.165, 1.54) is 4.31 Å². The molecule has 1 N–H and O–H groups in total. The molecule has 0 radical (unpaired) electrons. The molecule has 2 saturated heterocycles. The second-order valence-electron chi connectivity index (χ2n) is 4.09. The summed E-state index contributed by atoms with van der Waals surface area (Å²) in [4.78, 5) is 0. The normalized spacial score (nSPS) is 28.7. The van der Waals surface area contributed by atoms with Crippen molar-refractivity contribution in [3.05, 3.63) is 0 Å². The van der Waals surface area contributed by atoms with Gasteiger partial charge in [-0.1, -0.05) is 0 Å². The molecular formula is C9H18N2O3S. The van der Waals surface area contributed by atoms with Crippen molar-refractivity contribution in [1.82, 2.24) is 9.03 Å². The third-order valence-electron chi connectivity index (χ3n) is 2.92. The first-order valence-electron chi connectivity index (χ1n) is 5.55. The van der Waals surface area contributed by atoms with E-state index in [0.717, 1.165) is 32.3 Å². The summed E-state index contributed by atoms with van der Waals surface area (Å²) in [6.07, 6.45) is 4.02. The van der Waals surface area contributed by atoms with E-state index in [0.29, 0.717) is 19.6 Å². The van der Waals surface area contributed by atoms with Gasteiger partial charge < -0.3 is 4.74 Å². The first-order valence-corrected chi connectivity index (χ1v) is 6.99. The maximum absolute atomic E-state index is 11.7. The molecule has 2 rings (SSSR count). The molecule has 15 heavy (non-hydrogen) atoms. The molecule has 5 nitrogen and oxygen atoms in total. The van der Waals surface area contributed by atoms with Crippen LogP contribution in [-0.4, -0.2) is 45.1 Å². The second kappa shape index (κ2) is 4.78. The summed E-state index contributed by atoms with van der Waals surface area (Å²) >= 11 is 0. The van der Waals surface area contributed by atoms with E-state index >= 15 is 0 Å². The van der Waals surface area contributed by atoms with Crippen LogP contribution in [0.3, 0.4) is 0 Å². The van der Waals surface area contributed by atoms with Crippen LogP contribution in [0.2, 0.25) is 0 Å².